The SMILES string of the molecule is N#Cc1ccc(N(c2ccccc2)c2ccc(-c3ccccc3)cc2)cc1. The second kappa shape index (κ2) is 7.59. The van der Waals surface area contributed by atoms with Crippen molar-refractivity contribution in [3.05, 3.63) is 115 Å². The average molecular weight is 346 g/mol. The van der Waals surface area contributed by atoms with E-state index < -0.39 is 0 Å². The Morgan fingerprint density at radius 2 is 0.926 bits per heavy atom. The Hall–Kier alpha value is -3.83. The van der Waals surface area contributed by atoms with Crippen molar-refractivity contribution in [2.75, 3.05) is 4.90 Å². The van der Waals surface area contributed by atoms with Crippen molar-refractivity contribution in [1.29, 1.82) is 5.26 Å². The van der Waals surface area contributed by atoms with Crippen LogP contribution in [0.1, 0.15) is 5.56 Å². The van der Waals surface area contributed by atoms with Gasteiger partial charge in [0.15, 0.2) is 0 Å². The zero-order valence-electron chi connectivity index (χ0n) is 14.8. The summed E-state index contributed by atoms with van der Waals surface area (Å²) in [7, 11) is 0. The fourth-order valence-electron chi connectivity index (χ4n) is 3.14. The van der Waals surface area contributed by atoms with E-state index in [1.807, 2.05) is 48.5 Å². The number of benzene rings is 4. The van der Waals surface area contributed by atoms with Gasteiger partial charge < -0.3 is 4.90 Å². The van der Waals surface area contributed by atoms with Crippen LogP contribution < -0.4 is 4.90 Å². The maximum absolute atomic E-state index is 9.08. The molecule has 0 aliphatic carbocycles. The summed E-state index contributed by atoms with van der Waals surface area (Å²) in [5, 5.41) is 9.08. The van der Waals surface area contributed by atoms with Crippen molar-refractivity contribution >= 4 is 17.1 Å². The molecule has 0 spiro atoms. The molecule has 4 rings (SSSR count). The number of hydrogen-bond donors (Lipinski definition) is 0. The molecular weight excluding hydrogens is 328 g/mol. The molecule has 2 heteroatoms. The molecule has 0 unspecified atom stereocenters. The van der Waals surface area contributed by atoms with E-state index in [4.69, 9.17) is 5.26 Å². The Morgan fingerprint density at radius 1 is 0.481 bits per heavy atom. The van der Waals surface area contributed by atoms with Crippen LogP contribution in [-0.4, -0.2) is 0 Å². The first-order valence-electron chi connectivity index (χ1n) is 8.86. The summed E-state index contributed by atoms with van der Waals surface area (Å²) in [6, 6.07) is 39.0. The van der Waals surface area contributed by atoms with E-state index in [2.05, 4.69) is 71.6 Å². The van der Waals surface area contributed by atoms with Crippen molar-refractivity contribution in [3.8, 4) is 17.2 Å². The van der Waals surface area contributed by atoms with Crippen molar-refractivity contribution < 1.29 is 0 Å². The fraction of sp³-hybridized carbons (Fsp3) is 0. The number of rotatable bonds is 4. The van der Waals surface area contributed by atoms with Gasteiger partial charge in [-0.05, 0) is 59.7 Å². The number of hydrogen-bond acceptors (Lipinski definition) is 2. The van der Waals surface area contributed by atoms with E-state index >= 15 is 0 Å². The quantitative estimate of drug-likeness (QED) is 0.411. The van der Waals surface area contributed by atoms with E-state index in [9.17, 15) is 0 Å². The highest BCUT2D eigenvalue weighted by Gasteiger charge is 2.12. The summed E-state index contributed by atoms with van der Waals surface area (Å²) < 4.78 is 0. The molecule has 0 atom stereocenters. The molecule has 0 radical (unpaired) electrons. The monoisotopic (exact) mass is 346 g/mol. The van der Waals surface area contributed by atoms with Crippen molar-refractivity contribution in [3.63, 3.8) is 0 Å². The van der Waals surface area contributed by atoms with Crippen LogP contribution in [0.15, 0.2) is 109 Å². The van der Waals surface area contributed by atoms with Crippen LogP contribution in [0.25, 0.3) is 11.1 Å². The molecule has 0 aliphatic heterocycles. The van der Waals surface area contributed by atoms with Gasteiger partial charge in [0.25, 0.3) is 0 Å². The van der Waals surface area contributed by atoms with E-state index in [1.165, 1.54) is 11.1 Å². The second-order valence-electron chi connectivity index (χ2n) is 6.24. The van der Waals surface area contributed by atoms with Crippen molar-refractivity contribution in [2.24, 2.45) is 0 Å². The molecule has 0 bridgehead atoms. The van der Waals surface area contributed by atoms with Gasteiger partial charge >= 0.3 is 0 Å². The Bertz CT molecular complexity index is 1050. The van der Waals surface area contributed by atoms with Gasteiger partial charge in [0.2, 0.25) is 0 Å². The van der Waals surface area contributed by atoms with Crippen LogP contribution >= 0.6 is 0 Å². The normalized spacial score (nSPS) is 10.2. The third-order valence-electron chi connectivity index (χ3n) is 4.50. The maximum atomic E-state index is 9.08. The van der Waals surface area contributed by atoms with Gasteiger partial charge in [-0.3, -0.25) is 0 Å². The van der Waals surface area contributed by atoms with Gasteiger partial charge in [-0.1, -0.05) is 60.7 Å². The first kappa shape index (κ1) is 16.6. The van der Waals surface area contributed by atoms with Crippen LogP contribution in [0.2, 0.25) is 0 Å². The summed E-state index contributed by atoms with van der Waals surface area (Å²) in [4.78, 5) is 2.19. The Morgan fingerprint density at radius 3 is 1.48 bits per heavy atom. The molecule has 2 nitrogen and oxygen atoms in total. The molecule has 128 valence electrons. The minimum atomic E-state index is 0.659. The zero-order valence-corrected chi connectivity index (χ0v) is 14.8. The molecule has 0 saturated heterocycles. The van der Waals surface area contributed by atoms with Crippen molar-refractivity contribution in [1.82, 2.24) is 0 Å². The van der Waals surface area contributed by atoms with Gasteiger partial charge in [-0.25, -0.2) is 0 Å². The Balaban J connectivity index is 1.75. The highest BCUT2D eigenvalue weighted by molar-refractivity contribution is 5.78. The van der Waals surface area contributed by atoms with Crippen LogP contribution in [0, 0.1) is 11.3 Å². The minimum Gasteiger partial charge on any atom is -0.311 e. The Kier molecular flexibility index (Phi) is 4.68. The summed E-state index contributed by atoms with van der Waals surface area (Å²) >= 11 is 0. The highest BCUT2D eigenvalue weighted by Crippen LogP contribution is 2.35. The van der Waals surface area contributed by atoms with Gasteiger partial charge in [0, 0.05) is 17.1 Å². The molecule has 27 heavy (non-hydrogen) atoms. The lowest BCUT2D eigenvalue weighted by Gasteiger charge is -2.25. The van der Waals surface area contributed by atoms with Crippen LogP contribution in [0.4, 0.5) is 17.1 Å². The molecule has 0 heterocycles. The summed E-state index contributed by atoms with van der Waals surface area (Å²) in [6.07, 6.45) is 0. The molecule has 0 N–H and O–H groups in total. The summed E-state index contributed by atoms with van der Waals surface area (Å²) in [6.45, 7) is 0. The smallest absolute Gasteiger partial charge is 0.0991 e. The first-order chi connectivity index (χ1) is 13.3. The van der Waals surface area contributed by atoms with Gasteiger partial charge in [-0.2, -0.15) is 5.26 Å². The van der Waals surface area contributed by atoms with Gasteiger partial charge in [0.05, 0.1) is 11.6 Å². The lowest BCUT2D eigenvalue weighted by molar-refractivity contribution is 1.28. The molecule has 0 aliphatic rings. The van der Waals surface area contributed by atoms with Gasteiger partial charge in [-0.15, -0.1) is 0 Å². The molecule has 4 aromatic carbocycles. The second-order valence-corrected chi connectivity index (χ2v) is 6.24. The topological polar surface area (TPSA) is 27.0 Å². The molecule has 0 aromatic heterocycles. The average Bonchev–Trinajstić information content (AvgIpc) is 2.76. The predicted octanol–water partition coefficient (Wildman–Crippen LogP) is 6.70. The number of anilines is 3. The van der Waals surface area contributed by atoms with E-state index in [1.54, 1.807) is 0 Å². The van der Waals surface area contributed by atoms with Crippen LogP contribution in [-0.2, 0) is 0 Å². The third kappa shape index (κ3) is 3.58. The Labute approximate surface area is 159 Å². The van der Waals surface area contributed by atoms with Gasteiger partial charge in [0.1, 0.15) is 0 Å². The largest absolute Gasteiger partial charge is 0.311 e. The third-order valence-corrected chi connectivity index (χ3v) is 4.50. The summed E-state index contributed by atoms with van der Waals surface area (Å²) in [5.41, 5.74) is 6.22. The van der Waals surface area contributed by atoms with E-state index in [0.29, 0.717) is 5.56 Å². The van der Waals surface area contributed by atoms with E-state index in [-0.39, 0.29) is 0 Å². The lowest BCUT2D eigenvalue weighted by atomic mass is 10.0. The van der Waals surface area contributed by atoms with Crippen LogP contribution in [0.3, 0.4) is 0 Å². The zero-order chi connectivity index (χ0) is 18.5. The van der Waals surface area contributed by atoms with E-state index in [0.717, 1.165) is 17.1 Å². The number of para-hydroxylation sites is 1. The fourth-order valence-corrected chi connectivity index (χ4v) is 3.14. The van der Waals surface area contributed by atoms with Crippen molar-refractivity contribution in [2.45, 2.75) is 0 Å². The molecule has 0 saturated carbocycles. The minimum absolute atomic E-state index is 0.659. The molecule has 0 fully saturated rings. The molecular formula is C25H18N2. The summed E-state index contributed by atoms with van der Waals surface area (Å²) in [5.74, 6) is 0. The highest BCUT2D eigenvalue weighted by atomic mass is 15.1. The number of nitrogens with zero attached hydrogens (tertiary/aromatic N) is 2. The molecule has 0 amide bonds. The predicted molar refractivity (Wildman–Crippen MR) is 111 cm³/mol. The standard InChI is InChI=1S/C25H18N2/c26-19-20-11-15-24(16-12-20)27(23-9-5-2-6-10-23)25-17-13-22(14-18-25)21-7-3-1-4-8-21/h1-18H. The number of nitriles is 1. The first-order valence-corrected chi connectivity index (χ1v) is 8.86. The van der Waals surface area contributed by atoms with Crippen LogP contribution in [0.5, 0.6) is 0 Å². The molecule has 4 aromatic rings. The lowest BCUT2D eigenvalue weighted by Crippen LogP contribution is -2.09. The maximum Gasteiger partial charge on any atom is 0.0991 e.